The van der Waals surface area contributed by atoms with Gasteiger partial charge in [-0.15, -0.1) is 12.3 Å². The SMILES string of the molecule is C#CC1CC(=O)N(c2nc3c(s2)COCC3)C1. The van der Waals surface area contributed by atoms with Crippen LogP contribution in [0.25, 0.3) is 0 Å². The molecule has 3 rings (SSSR count). The van der Waals surface area contributed by atoms with E-state index in [0.29, 0.717) is 19.6 Å². The lowest BCUT2D eigenvalue weighted by molar-refractivity contribution is -0.117. The van der Waals surface area contributed by atoms with Crippen molar-refractivity contribution in [1.29, 1.82) is 0 Å². The van der Waals surface area contributed by atoms with Crippen molar-refractivity contribution in [3.05, 3.63) is 10.6 Å². The van der Waals surface area contributed by atoms with E-state index < -0.39 is 0 Å². The number of fused-ring (bicyclic) bond motifs is 1. The van der Waals surface area contributed by atoms with Crippen LogP contribution in [0.3, 0.4) is 0 Å². The summed E-state index contributed by atoms with van der Waals surface area (Å²) in [6.45, 7) is 1.94. The molecule has 17 heavy (non-hydrogen) atoms. The molecule has 0 radical (unpaired) electrons. The Labute approximate surface area is 104 Å². The van der Waals surface area contributed by atoms with Gasteiger partial charge >= 0.3 is 0 Å². The maximum atomic E-state index is 11.8. The lowest BCUT2D eigenvalue weighted by atomic mass is 10.1. The summed E-state index contributed by atoms with van der Waals surface area (Å²) in [6, 6.07) is 0. The average Bonchev–Trinajstić information content (AvgIpc) is 2.91. The number of carbonyl (C=O) groups is 1. The van der Waals surface area contributed by atoms with Gasteiger partial charge in [-0.25, -0.2) is 4.98 Å². The van der Waals surface area contributed by atoms with Crippen molar-refractivity contribution in [3.63, 3.8) is 0 Å². The Morgan fingerprint density at radius 2 is 2.47 bits per heavy atom. The van der Waals surface area contributed by atoms with Gasteiger partial charge in [0.2, 0.25) is 5.91 Å². The van der Waals surface area contributed by atoms with E-state index in [0.717, 1.165) is 28.7 Å². The fourth-order valence-electron chi connectivity index (χ4n) is 2.13. The third-order valence-corrected chi connectivity index (χ3v) is 4.17. The summed E-state index contributed by atoms with van der Waals surface area (Å²) in [5.74, 6) is 2.76. The van der Waals surface area contributed by atoms with Gasteiger partial charge < -0.3 is 4.74 Å². The van der Waals surface area contributed by atoms with Gasteiger partial charge in [0.25, 0.3) is 0 Å². The molecule has 0 N–H and O–H groups in total. The Morgan fingerprint density at radius 1 is 1.59 bits per heavy atom. The number of nitrogens with zero attached hydrogens (tertiary/aromatic N) is 2. The van der Waals surface area contributed by atoms with Crippen LogP contribution < -0.4 is 4.90 Å². The van der Waals surface area contributed by atoms with E-state index >= 15 is 0 Å². The normalized spacial score (nSPS) is 23.6. The number of hydrogen-bond donors (Lipinski definition) is 0. The predicted molar refractivity (Wildman–Crippen MR) is 64.8 cm³/mol. The molecule has 1 amide bonds. The average molecular weight is 248 g/mol. The molecule has 2 aliphatic rings. The van der Waals surface area contributed by atoms with Crippen molar-refractivity contribution >= 4 is 22.4 Å². The molecule has 1 atom stereocenters. The molecule has 0 bridgehead atoms. The van der Waals surface area contributed by atoms with Crippen molar-refractivity contribution in [3.8, 4) is 12.3 Å². The maximum absolute atomic E-state index is 11.8. The highest BCUT2D eigenvalue weighted by Crippen LogP contribution is 2.33. The molecule has 0 saturated carbocycles. The summed E-state index contributed by atoms with van der Waals surface area (Å²) in [5, 5.41) is 0.781. The van der Waals surface area contributed by atoms with Crippen LogP contribution in [0.5, 0.6) is 0 Å². The monoisotopic (exact) mass is 248 g/mol. The van der Waals surface area contributed by atoms with Gasteiger partial charge in [0.05, 0.1) is 23.8 Å². The Morgan fingerprint density at radius 3 is 3.18 bits per heavy atom. The first-order valence-electron chi connectivity index (χ1n) is 5.60. The first-order valence-corrected chi connectivity index (χ1v) is 6.42. The fourth-order valence-corrected chi connectivity index (χ4v) is 3.20. The molecular weight excluding hydrogens is 236 g/mol. The largest absolute Gasteiger partial charge is 0.375 e. The number of ether oxygens (including phenoxy) is 1. The molecule has 3 heterocycles. The standard InChI is InChI=1S/C12H12N2O2S/c1-2-8-5-11(15)14(6-8)12-13-9-3-4-16-7-10(9)17-12/h1,8H,3-7H2. The van der Waals surface area contributed by atoms with Gasteiger partial charge in [0.15, 0.2) is 5.13 Å². The zero-order valence-electron chi connectivity index (χ0n) is 9.31. The Balaban J connectivity index is 1.87. The third kappa shape index (κ3) is 1.84. The van der Waals surface area contributed by atoms with E-state index in [-0.39, 0.29) is 11.8 Å². The lowest BCUT2D eigenvalue weighted by Gasteiger charge is -2.10. The Bertz CT molecular complexity index is 480. The highest BCUT2D eigenvalue weighted by Gasteiger charge is 2.32. The van der Waals surface area contributed by atoms with Crippen LogP contribution in [0.4, 0.5) is 5.13 Å². The van der Waals surface area contributed by atoms with Crippen molar-refractivity contribution in [1.82, 2.24) is 4.98 Å². The number of carbonyl (C=O) groups excluding carboxylic acids is 1. The molecule has 1 saturated heterocycles. The number of amides is 1. The molecule has 1 aromatic heterocycles. The van der Waals surface area contributed by atoms with Crippen molar-refractivity contribution < 1.29 is 9.53 Å². The molecule has 2 aliphatic heterocycles. The van der Waals surface area contributed by atoms with Crippen LogP contribution in [0.2, 0.25) is 0 Å². The van der Waals surface area contributed by atoms with Crippen molar-refractivity contribution in [2.45, 2.75) is 19.4 Å². The van der Waals surface area contributed by atoms with Crippen molar-refractivity contribution in [2.75, 3.05) is 18.1 Å². The molecule has 1 unspecified atom stereocenters. The van der Waals surface area contributed by atoms with Gasteiger partial charge in [-0.2, -0.15) is 0 Å². The number of anilines is 1. The summed E-state index contributed by atoms with van der Waals surface area (Å²) in [7, 11) is 0. The Kier molecular flexibility index (Phi) is 2.61. The summed E-state index contributed by atoms with van der Waals surface area (Å²) in [6.07, 6.45) is 6.65. The second-order valence-electron chi connectivity index (χ2n) is 4.24. The smallest absolute Gasteiger partial charge is 0.230 e. The van der Waals surface area contributed by atoms with E-state index in [2.05, 4.69) is 10.9 Å². The highest BCUT2D eigenvalue weighted by atomic mass is 32.1. The first kappa shape index (κ1) is 10.8. The molecule has 0 aromatic carbocycles. The van der Waals surface area contributed by atoms with E-state index in [1.807, 2.05) is 0 Å². The summed E-state index contributed by atoms with van der Waals surface area (Å²) in [4.78, 5) is 19.2. The number of rotatable bonds is 1. The van der Waals surface area contributed by atoms with Crippen LogP contribution in [0.1, 0.15) is 17.0 Å². The van der Waals surface area contributed by atoms with Gasteiger partial charge in [0, 0.05) is 25.3 Å². The second kappa shape index (κ2) is 4.13. The molecule has 1 fully saturated rings. The first-order chi connectivity index (χ1) is 8.28. The third-order valence-electron chi connectivity index (χ3n) is 3.07. The molecule has 5 heteroatoms. The van der Waals surface area contributed by atoms with E-state index in [9.17, 15) is 4.79 Å². The molecule has 0 spiro atoms. The number of thiazole rings is 1. The second-order valence-corrected chi connectivity index (χ2v) is 5.30. The van der Waals surface area contributed by atoms with E-state index in [1.54, 1.807) is 16.2 Å². The van der Waals surface area contributed by atoms with Gasteiger partial charge in [-0.3, -0.25) is 9.69 Å². The number of aromatic nitrogens is 1. The minimum Gasteiger partial charge on any atom is -0.375 e. The van der Waals surface area contributed by atoms with Gasteiger partial charge in [-0.1, -0.05) is 11.3 Å². The van der Waals surface area contributed by atoms with Crippen molar-refractivity contribution in [2.24, 2.45) is 5.92 Å². The highest BCUT2D eigenvalue weighted by molar-refractivity contribution is 7.15. The van der Waals surface area contributed by atoms with E-state index in [4.69, 9.17) is 11.2 Å². The molecule has 1 aromatic rings. The molecule has 0 aliphatic carbocycles. The lowest BCUT2D eigenvalue weighted by Crippen LogP contribution is -2.24. The van der Waals surface area contributed by atoms with Gasteiger partial charge in [0.1, 0.15) is 0 Å². The summed E-state index contributed by atoms with van der Waals surface area (Å²) in [5.41, 5.74) is 1.08. The van der Waals surface area contributed by atoms with Crippen LogP contribution in [0.15, 0.2) is 0 Å². The van der Waals surface area contributed by atoms with Crippen LogP contribution >= 0.6 is 11.3 Å². The van der Waals surface area contributed by atoms with Crippen LogP contribution in [-0.2, 0) is 22.6 Å². The molecular formula is C12H12N2O2S. The minimum atomic E-state index is 0.0275. The Hall–Kier alpha value is -1.38. The van der Waals surface area contributed by atoms with E-state index in [1.165, 1.54) is 0 Å². The fraction of sp³-hybridized carbons (Fsp3) is 0.500. The van der Waals surface area contributed by atoms with Crippen LogP contribution in [0, 0.1) is 18.3 Å². The minimum absolute atomic E-state index is 0.0275. The summed E-state index contributed by atoms with van der Waals surface area (Å²) < 4.78 is 5.38. The number of terminal acetylenes is 1. The molecule has 88 valence electrons. The maximum Gasteiger partial charge on any atom is 0.230 e. The quantitative estimate of drug-likeness (QED) is 0.701. The van der Waals surface area contributed by atoms with Crippen LogP contribution in [-0.4, -0.2) is 24.0 Å². The summed E-state index contributed by atoms with van der Waals surface area (Å²) >= 11 is 1.55. The number of hydrogen-bond acceptors (Lipinski definition) is 4. The van der Waals surface area contributed by atoms with Gasteiger partial charge in [-0.05, 0) is 0 Å². The zero-order valence-corrected chi connectivity index (χ0v) is 10.1. The zero-order chi connectivity index (χ0) is 11.8. The molecule has 4 nitrogen and oxygen atoms in total. The predicted octanol–water partition coefficient (Wildman–Crippen LogP) is 1.20. The topological polar surface area (TPSA) is 42.4 Å².